The Morgan fingerprint density at radius 1 is 1.47 bits per heavy atom. The predicted molar refractivity (Wildman–Crippen MR) is 77.1 cm³/mol. The van der Waals surface area contributed by atoms with Crippen molar-refractivity contribution in [3.63, 3.8) is 0 Å². The lowest BCUT2D eigenvalue weighted by molar-refractivity contribution is 0.313. The van der Waals surface area contributed by atoms with Gasteiger partial charge >= 0.3 is 0 Å². The average molecular weight is 303 g/mol. The van der Waals surface area contributed by atoms with Crippen LogP contribution < -0.4 is 5.73 Å². The van der Waals surface area contributed by atoms with Crippen LogP contribution in [0.2, 0.25) is 5.02 Å². The highest BCUT2D eigenvalue weighted by Gasteiger charge is 2.31. The van der Waals surface area contributed by atoms with Gasteiger partial charge in [-0.3, -0.25) is 4.90 Å². The van der Waals surface area contributed by atoms with E-state index in [2.05, 4.69) is 4.90 Å². The van der Waals surface area contributed by atoms with Crippen molar-refractivity contribution in [3.8, 4) is 0 Å². The van der Waals surface area contributed by atoms with E-state index in [0.717, 1.165) is 18.5 Å². The molecule has 1 aromatic rings. The van der Waals surface area contributed by atoms with Gasteiger partial charge in [-0.25, -0.2) is 8.42 Å². The third-order valence-corrected chi connectivity index (χ3v) is 5.18. The zero-order valence-electron chi connectivity index (χ0n) is 11.1. The van der Waals surface area contributed by atoms with Crippen LogP contribution in [0.5, 0.6) is 0 Å². The maximum Gasteiger partial charge on any atom is 0.175 e. The van der Waals surface area contributed by atoms with E-state index in [-0.39, 0.29) is 6.04 Å². The van der Waals surface area contributed by atoms with E-state index in [4.69, 9.17) is 17.3 Å². The molecule has 19 heavy (non-hydrogen) atoms. The van der Waals surface area contributed by atoms with Crippen LogP contribution in [-0.2, 0) is 9.84 Å². The highest BCUT2D eigenvalue weighted by atomic mass is 35.5. The molecule has 1 saturated heterocycles. The Morgan fingerprint density at radius 2 is 2.16 bits per heavy atom. The van der Waals surface area contributed by atoms with Crippen LogP contribution in [0.3, 0.4) is 0 Å². The molecule has 0 bridgehead atoms. The molecule has 0 aromatic heterocycles. The van der Waals surface area contributed by atoms with Crippen molar-refractivity contribution in [2.45, 2.75) is 17.4 Å². The van der Waals surface area contributed by atoms with Gasteiger partial charge in [0.25, 0.3) is 0 Å². The SMILES string of the molecule is CN1CC(CN)CC1c1cc(S(C)(=O)=O)ccc1Cl. The average Bonchev–Trinajstić information content (AvgIpc) is 2.69. The summed E-state index contributed by atoms with van der Waals surface area (Å²) in [5, 5.41) is 0.613. The third-order valence-electron chi connectivity index (χ3n) is 3.72. The second kappa shape index (κ2) is 5.40. The lowest BCUT2D eigenvalue weighted by Gasteiger charge is -2.21. The standard InChI is InChI=1S/C13H19ClN2O2S/c1-16-8-9(7-15)5-13(16)11-6-10(19(2,17)18)3-4-12(11)14/h3-4,6,9,13H,5,7-8,15H2,1-2H3. The summed E-state index contributed by atoms with van der Waals surface area (Å²) in [7, 11) is -1.19. The van der Waals surface area contributed by atoms with Crippen LogP contribution in [0.15, 0.2) is 23.1 Å². The summed E-state index contributed by atoms with van der Waals surface area (Å²) in [5.41, 5.74) is 6.60. The number of rotatable bonds is 3. The minimum atomic E-state index is -3.21. The molecule has 4 nitrogen and oxygen atoms in total. The van der Waals surface area contributed by atoms with Gasteiger partial charge in [-0.1, -0.05) is 11.6 Å². The maximum atomic E-state index is 11.6. The summed E-state index contributed by atoms with van der Waals surface area (Å²) in [6.45, 7) is 1.56. The highest BCUT2D eigenvalue weighted by Crippen LogP contribution is 2.37. The van der Waals surface area contributed by atoms with Crippen LogP contribution in [0.4, 0.5) is 0 Å². The maximum absolute atomic E-state index is 11.6. The molecule has 1 aliphatic rings. The van der Waals surface area contributed by atoms with Crippen molar-refractivity contribution in [1.29, 1.82) is 0 Å². The van der Waals surface area contributed by atoms with E-state index in [9.17, 15) is 8.42 Å². The largest absolute Gasteiger partial charge is 0.330 e. The topological polar surface area (TPSA) is 63.4 Å². The van der Waals surface area contributed by atoms with Gasteiger partial charge in [0.1, 0.15) is 0 Å². The molecule has 2 unspecified atom stereocenters. The number of hydrogen-bond acceptors (Lipinski definition) is 4. The molecule has 2 rings (SSSR count). The first-order chi connectivity index (χ1) is 8.82. The van der Waals surface area contributed by atoms with Crippen molar-refractivity contribution < 1.29 is 8.42 Å². The zero-order valence-corrected chi connectivity index (χ0v) is 12.7. The van der Waals surface area contributed by atoms with Gasteiger partial charge in [-0.05, 0) is 49.7 Å². The predicted octanol–water partition coefficient (Wildman–Crippen LogP) is 1.70. The first-order valence-corrected chi connectivity index (χ1v) is 8.49. The summed E-state index contributed by atoms with van der Waals surface area (Å²) in [4.78, 5) is 2.50. The molecule has 2 atom stereocenters. The van der Waals surface area contributed by atoms with Gasteiger partial charge in [0.2, 0.25) is 0 Å². The quantitative estimate of drug-likeness (QED) is 0.923. The molecule has 0 spiro atoms. The molecule has 0 amide bonds. The number of likely N-dealkylation sites (tertiary alicyclic amines) is 1. The van der Waals surface area contributed by atoms with E-state index in [1.54, 1.807) is 18.2 Å². The number of nitrogens with two attached hydrogens (primary N) is 1. The van der Waals surface area contributed by atoms with Gasteiger partial charge in [0, 0.05) is 23.9 Å². The third kappa shape index (κ3) is 3.11. The second-order valence-electron chi connectivity index (χ2n) is 5.25. The lowest BCUT2D eigenvalue weighted by Crippen LogP contribution is -2.20. The number of hydrogen-bond donors (Lipinski definition) is 1. The first kappa shape index (κ1) is 14.8. The van der Waals surface area contributed by atoms with E-state index < -0.39 is 9.84 Å². The van der Waals surface area contributed by atoms with Gasteiger partial charge in [-0.2, -0.15) is 0 Å². The van der Waals surface area contributed by atoms with Crippen molar-refractivity contribution >= 4 is 21.4 Å². The molecule has 0 radical (unpaired) electrons. The van der Waals surface area contributed by atoms with Crippen molar-refractivity contribution in [2.24, 2.45) is 11.7 Å². The molecule has 2 N–H and O–H groups in total. The van der Waals surface area contributed by atoms with E-state index in [1.165, 1.54) is 6.26 Å². The van der Waals surface area contributed by atoms with Crippen LogP contribution in [0.25, 0.3) is 0 Å². The molecule has 1 aromatic carbocycles. The van der Waals surface area contributed by atoms with Crippen molar-refractivity contribution in [3.05, 3.63) is 28.8 Å². The van der Waals surface area contributed by atoms with Crippen LogP contribution in [-0.4, -0.2) is 39.7 Å². The summed E-state index contributed by atoms with van der Waals surface area (Å²) in [6, 6.07) is 5.05. The fourth-order valence-corrected chi connectivity index (χ4v) is 3.55. The molecule has 6 heteroatoms. The Kier molecular flexibility index (Phi) is 4.20. The Balaban J connectivity index is 2.40. The Hall–Kier alpha value is -0.620. The van der Waals surface area contributed by atoms with Gasteiger partial charge in [0.05, 0.1) is 4.90 Å². The van der Waals surface area contributed by atoms with E-state index in [1.807, 2.05) is 7.05 Å². The summed E-state index contributed by atoms with van der Waals surface area (Å²) in [6.07, 6.45) is 2.13. The Bertz CT molecular complexity index is 574. The number of halogens is 1. The molecule has 1 heterocycles. The molecule has 0 aliphatic carbocycles. The van der Waals surface area contributed by atoms with Crippen molar-refractivity contribution in [1.82, 2.24) is 4.90 Å². The zero-order chi connectivity index (χ0) is 14.2. The fraction of sp³-hybridized carbons (Fsp3) is 0.538. The fourth-order valence-electron chi connectivity index (χ4n) is 2.65. The Labute approximate surface area is 119 Å². The minimum absolute atomic E-state index is 0.141. The second-order valence-corrected chi connectivity index (χ2v) is 7.67. The molecule has 106 valence electrons. The monoisotopic (exact) mass is 302 g/mol. The smallest absolute Gasteiger partial charge is 0.175 e. The number of nitrogens with zero attached hydrogens (tertiary/aromatic N) is 1. The number of benzene rings is 1. The minimum Gasteiger partial charge on any atom is -0.330 e. The van der Waals surface area contributed by atoms with Gasteiger partial charge in [0.15, 0.2) is 9.84 Å². The van der Waals surface area contributed by atoms with E-state index >= 15 is 0 Å². The normalized spacial score (nSPS) is 24.8. The molecular formula is C13H19ClN2O2S. The van der Waals surface area contributed by atoms with Gasteiger partial charge in [-0.15, -0.1) is 0 Å². The summed E-state index contributed by atoms with van der Waals surface area (Å²) in [5.74, 6) is 0.438. The Morgan fingerprint density at radius 3 is 2.68 bits per heavy atom. The highest BCUT2D eigenvalue weighted by molar-refractivity contribution is 7.90. The van der Waals surface area contributed by atoms with Crippen molar-refractivity contribution in [2.75, 3.05) is 26.4 Å². The molecule has 0 saturated carbocycles. The first-order valence-electron chi connectivity index (χ1n) is 6.22. The van der Waals surface area contributed by atoms with E-state index in [0.29, 0.717) is 22.4 Å². The van der Waals surface area contributed by atoms with Crippen LogP contribution in [0, 0.1) is 5.92 Å². The molecular weight excluding hydrogens is 284 g/mol. The van der Waals surface area contributed by atoms with Gasteiger partial charge < -0.3 is 5.73 Å². The lowest BCUT2D eigenvalue weighted by atomic mass is 10.00. The van der Waals surface area contributed by atoms with Crippen LogP contribution >= 0.6 is 11.6 Å². The summed E-state index contributed by atoms with van der Waals surface area (Å²) >= 11 is 6.23. The molecule has 1 aliphatic heterocycles. The van der Waals surface area contributed by atoms with Crippen LogP contribution in [0.1, 0.15) is 18.0 Å². The summed E-state index contributed by atoms with van der Waals surface area (Å²) < 4.78 is 23.3. The number of sulfone groups is 1. The molecule has 1 fully saturated rings.